The van der Waals surface area contributed by atoms with Crippen LogP contribution in [0.25, 0.3) is 0 Å². The lowest BCUT2D eigenvalue weighted by Gasteiger charge is -2.32. The highest BCUT2D eigenvalue weighted by atomic mass is 35.5. The number of hydrogen-bond acceptors (Lipinski definition) is 3. The summed E-state index contributed by atoms with van der Waals surface area (Å²) >= 11 is 0. The van der Waals surface area contributed by atoms with Gasteiger partial charge in [-0.3, -0.25) is 4.79 Å². The molecule has 1 aliphatic heterocycles. The Kier molecular flexibility index (Phi) is 7.38. The van der Waals surface area contributed by atoms with Gasteiger partial charge >= 0.3 is 0 Å². The van der Waals surface area contributed by atoms with Gasteiger partial charge in [0.25, 0.3) is 0 Å². The maximum absolute atomic E-state index is 12.3. The number of nitrogens with zero attached hydrogens (tertiary/aromatic N) is 1. The number of nitrogens with one attached hydrogen (secondary N) is 1. The third kappa shape index (κ3) is 5.99. The highest BCUT2D eigenvalue weighted by molar-refractivity contribution is 5.85. The fourth-order valence-electron chi connectivity index (χ4n) is 3.11. The summed E-state index contributed by atoms with van der Waals surface area (Å²) in [6, 6.07) is 8.56. The zero-order valence-electron chi connectivity index (χ0n) is 14.5. The van der Waals surface area contributed by atoms with Gasteiger partial charge in [0.05, 0.1) is 13.0 Å². The van der Waals surface area contributed by atoms with Crippen molar-refractivity contribution in [3.63, 3.8) is 0 Å². The van der Waals surface area contributed by atoms with E-state index in [4.69, 9.17) is 4.74 Å². The van der Waals surface area contributed by atoms with E-state index < -0.39 is 0 Å². The minimum Gasteiger partial charge on any atom is -0.493 e. The zero-order chi connectivity index (χ0) is 16.1. The minimum atomic E-state index is 0. The summed E-state index contributed by atoms with van der Waals surface area (Å²) in [6.45, 7) is 5.43. The van der Waals surface area contributed by atoms with Gasteiger partial charge in [-0.25, -0.2) is 0 Å². The summed E-state index contributed by atoms with van der Waals surface area (Å²) in [4.78, 5) is 14.3. The van der Waals surface area contributed by atoms with E-state index in [1.807, 2.05) is 36.1 Å². The Morgan fingerprint density at radius 1 is 1.25 bits per heavy atom. The number of carbonyl (C=O) groups is 1. The second kappa shape index (κ2) is 9.28. The van der Waals surface area contributed by atoms with Crippen LogP contribution in [0.1, 0.15) is 37.7 Å². The smallest absolute Gasteiger partial charge is 0.225 e. The van der Waals surface area contributed by atoms with E-state index in [0.29, 0.717) is 19.1 Å². The number of hydrogen-bond donors (Lipinski definition) is 1. The van der Waals surface area contributed by atoms with E-state index in [-0.39, 0.29) is 18.3 Å². The van der Waals surface area contributed by atoms with Gasteiger partial charge in [0, 0.05) is 19.1 Å². The van der Waals surface area contributed by atoms with E-state index in [0.717, 1.165) is 37.6 Å². The second-order valence-corrected chi connectivity index (χ2v) is 6.92. The summed E-state index contributed by atoms with van der Waals surface area (Å²) in [5.41, 5.74) is 1.18. The van der Waals surface area contributed by atoms with Crippen LogP contribution in [0.2, 0.25) is 0 Å². The molecular formula is C19H29ClN2O2. The SMILES string of the molecule is Cc1cccc(OCCC(=O)N2CCC(NCC3CC3)CC2)c1.Cl. The van der Waals surface area contributed by atoms with Gasteiger partial charge in [-0.05, 0) is 62.8 Å². The molecule has 0 unspecified atom stereocenters. The number of carbonyl (C=O) groups excluding carboxylic acids is 1. The van der Waals surface area contributed by atoms with Gasteiger partial charge in [-0.15, -0.1) is 12.4 Å². The van der Waals surface area contributed by atoms with Gasteiger partial charge in [0.15, 0.2) is 0 Å². The fraction of sp³-hybridized carbons (Fsp3) is 0.632. The highest BCUT2D eigenvalue weighted by Crippen LogP contribution is 2.28. The number of ether oxygens (including phenoxy) is 1. The Bertz CT molecular complexity index is 526. The van der Waals surface area contributed by atoms with E-state index in [1.165, 1.54) is 24.9 Å². The fourth-order valence-corrected chi connectivity index (χ4v) is 3.11. The first-order valence-electron chi connectivity index (χ1n) is 8.91. The Hall–Kier alpha value is -1.26. The number of aryl methyl sites for hydroxylation is 1. The Morgan fingerprint density at radius 3 is 2.67 bits per heavy atom. The van der Waals surface area contributed by atoms with Crippen LogP contribution in [0.5, 0.6) is 5.75 Å². The van der Waals surface area contributed by atoms with Crippen molar-refractivity contribution in [2.75, 3.05) is 26.2 Å². The lowest BCUT2D eigenvalue weighted by atomic mass is 10.0. The summed E-state index contributed by atoms with van der Waals surface area (Å²) in [6.07, 6.45) is 5.42. The number of piperidine rings is 1. The topological polar surface area (TPSA) is 41.6 Å². The van der Waals surface area contributed by atoms with Crippen LogP contribution < -0.4 is 10.1 Å². The molecule has 1 heterocycles. The molecule has 2 fully saturated rings. The van der Waals surface area contributed by atoms with E-state index in [2.05, 4.69) is 5.32 Å². The molecule has 0 radical (unpaired) electrons. The predicted octanol–water partition coefficient (Wildman–Crippen LogP) is 3.18. The lowest BCUT2D eigenvalue weighted by molar-refractivity contribution is -0.132. The predicted molar refractivity (Wildman–Crippen MR) is 98.9 cm³/mol. The zero-order valence-corrected chi connectivity index (χ0v) is 15.3. The van der Waals surface area contributed by atoms with Crippen molar-refractivity contribution in [2.45, 2.75) is 45.1 Å². The highest BCUT2D eigenvalue weighted by Gasteiger charge is 2.25. The molecule has 134 valence electrons. The molecule has 1 N–H and O–H groups in total. The molecule has 3 rings (SSSR count). The van der Waals surface area contributed by atoms with Crippen molar-refractivity contribution in [3.05, 3.63) is 29.8 Å². The normalized spacial score (nSPS) is 18.1. The standard InChI is InChI=1S/C19H28N2O2.ClH/c1-15-3-2-4-18(13-15)23-12-9-19(22)21-10-7-17(8-11-21)20-14-16-5-6-16;/h2-4,13,16-17,20H,5-12,14H2,1H3;1H. The molecule has 5 heteroatoms. The quantitative estimate of drug-likeness (QED) is 0.819. The number of amides is 1. The summed E-state index contributed by atoms with van der Waals surface area (Å²) < 4.78 is 5.68. The molecule has 0 aromatic heterocycles. The Morgan fingerprint density at radius 2 is 2.00 bits per heavy atom. The van der Waals surface area contributed by atoms with Crippen molar-refractivity contribution in [2.24, 2.45) is 5.92 Å². The summed E-state index contributed by atoms with van der Waals surface area (Å²) in [5, 5.41) is 3.65. The van der Waals surface area contributed by atoms with Gasteiger partial charge in [0.1, 0.15) is 5.75 Å². The molecule has 1 aromatic rings. The molecule has 2 aliphatic rings. The number of likely N-dealkylation sites (tertiary alicyclic amines) is 1. The van der Waals surface area contributed by atoms with E-state index in [1.54, 1.807) is 0 Å². The van der Waals surface area contributed by atoms with Crippen molar-refractivity contribution in [1.82, 2.24) is 10.2 Å². The van der Waals surface area contributed by atoms with Crippen LogP contribution in [0.3, 0.4) is 0 Å². The first-order chi connectivity index (χ1) is 11.2. The molecule has 0 spiro atoms. The summed E-state index contributed by atoms with van der Waals surface area (Å²) in [7, 11) is 0. The van der Waals surface area contributed by atoms with Gasteiger partial charge < -0.3 is 15.0 Å². The molecule has 1 saturated carbocycles. The van der Waals surface area contributed by atoms with Crippen molar-refractivity contribution < 1.29 is 9.53 Å². The van der Waals surface area contributed by atoms with Gasteiger partial charge in [-0.2, -0.15) is 0 Å². The molecule has 1 aliphatic carbocycles. The maximum Gasteiger partial charge on any atom is 0.225 e. The second-order valence-electron chi connectivity index (χ2n) is 6.92. The number of benzene rings is 1. The van der Waals surface area contributed by atoms with Gasteiger partial charge in [0.2, 0.25) is 5.91 Å². The van der Waals surface area contributed by atoms with E-state index in [9.17, 15) is 4.79 Å². The largest absolute Gasteiger partial charge is 0.493 e. The first-order valence-corrected chi connectivity index (χ1v) is 8.91. The molecule has 1 amide bonds. The number of halogens is 1. The molecule has 24 heavy (non-hydrogen) atoms. The molecule has 4 nitrogen and oxygen atoms in total. The van der Waals surface area contributed by atoms with Crippen molar-refractivity contribution >= 4 is 18.3 Å². The Labute approximate surface area is 151 Å². The minimum absolute atomic E-state index is 0. The van der Waals surface area contributed by atoms with Crippen LogP contribution in [-0.2, 0) is 4.79 Å². The molecule has 0 atom stereocenters. The summed E-state index contributed by atoms with van der Waals surface area (Å²) in [5.74, 6) is 1.99. The molecule has 0 bridgehead atoms. The third-order valence-electron chi connectivity index (χ3n) is 4.81. The van der Waals surface area contributed by atoms with E-state index >= 15 is 0 Å². The number of rotatable bonds is 7. The van der Waals surface area contributed by atoms with Crippen LogP contribution in [0.4, 0.5) is 0 Å². The Balaban J connectivity index is 0.00000208. The van der Waals surface area contributed by atoms with Crippen LogP contribution >= 0.6 is 12.4 Å². The molecular weight excluding hydrogens is 324 g/mol. The van der Waals surface area contributed by atoms with Gasteiger partial charge in [-0.1, -0.05) is 12.1 Å². The van der Waals surface area contributed by atoms with Crippen LogP contribution in [0.15, 0.2) is 24.3 Å². The first kappa shape index (κ1) is 19.1. The average Bonchev–Trinajstić information content (AvgIpc) is 3.38. The average molecular weight is 353 g/mol. The van der Waals surface area contributed by atoms with Crippen molar-refractivity contribution in [1.29, 1.82) is 0 Å². The third-order valence-corrected chi connectivity index (χ3v) is 4.81. The van der Waals surface area contributed by atoms with Crippen molar-refractivity contribution in [3.8, 4) is 5.75 Å². The molecule has 1 saturated heterocycles. The van der Waals surface area contributed by atoms with Crippen LogP contribution in [-0.4, -0.2) is 43.1 Å². The molecule has 1 aromatic carbocycles. The maximum atomic E-state index is 12.3. The van der Waals surface area contributed by atoms with Crippen LogP contribution in [0, 0.1) is 12.8 Å². The lowest BCUT2D eigenvalue weighted by Crippen LogP contribution is -2.45. The monoisotopic (exact) mass is 352 g/mol.